The van der Waals surface area contributed by atoms with E-state index in [0.717, 1.165) is 22.1 Å². The lowest BCUT2D eigenvalue weighted by Crippen LogP contribution is -2.24. The zero-order valence-electron chi connectivity index (χ0n) is 12.4. The smallest absolute Gasteiger partial charge is 0.261 e. The second kappa shape index (κ2) is 5.20. The van der Waals surface area contributed by atoms with Gasteiger partial charge in [-0.15, -0.1) is 0 Å². The van der Waals surface area contributed by atoms with Gasteiger partial charge in [0.05, 0.1) is 22.9 Å². The van der Waals surface area contributed by atoms with Crippen molar-refractivity contribution in [2.24, 2.45) is 0 Å². The average molecular weight is 338 g/mol. The first-order valence-corrected chi connectivity index (χ1v) is 7.78. The van der Waals surface area contributed by atoms with Crippen LogP contribution in [-0.2, 0) is 0 Å². The zero-order valence-corrected chi connectivity index (χ0v) is 13.3. The van der Waals surface area contributed by atoms with E-state index >= 15 is 0 Å². The quantitative estimate of drug-likeness (QED) is 0.723. The number of nitrogens with one attached hydrogen (secondary N) is 1. The molecule has 0 bridgehead atoms. The van der Waals surface area contributed by atoms with E-state index < -0.39 is 0 Å². The van der Waals surface area contributed by atoms with E-state index in [1.165, 1.54) is 13.1 Å². The lowest BCUT2D eigenvalue weighted by atomic mass is 10.1. The first kappa shape index (κ1) is 14.5. The van der Waals surface area contributed by atoms with Crippen molar-refractivity contribution in [3.8, 4) is 0 Å². The molecule has 2 heterocycles. The molecule has 2 aromatic carbocycles. The van der Waals surface area contributed by atoms with Crippen LogP contribution < -0.4 is 5.32 Å². The zero-order chi connectivity index (χ0) is 16.8. The maximum atomic E-state index is 12.4. The van der Waals surface area contributed by atoms with Gasteiger partial charge in [0.15, 0.2) is 0 Å². The third-order valence-electron chi connectivity index (χ3n) is 3.86. The van der Waals surface area contributed by atoms with Gasteiger partial charge in [-0.3, -0.25) is 19.3 Å². The van der Waals surface area contributed by atoms with Crippen LogP contribution in [0.4, 0.5) is 5.69 Å². The highest BCUT2D eigenvalue weighted by Crippen LogP contribution is 2.25. The van der Waals surface area contributed by atoms with Crippen LogP contribution in [0.3, 0.4) is 0 Å². The van der Waals surface area contributed by atoms with Gasteiger partial charge < -0.3 is 5.32 Å². The summed E-state index contributed by atoms with van der Waals surface area (Å²) in [7, 11) is 1.43. The molecule has 0 atom stereocenters. The van der Waals surface area contributed by atoms with Crippen LogP contribution in [0.1, 0.15) is 31.1 Å². The van der Waals surface area contributed by atoms with Gasteiger partial charge in [0, 0.05) is 18.3 Å². The molecule has 4 rings (SSSR count). The Morgan fingerprint density at radius 3 is 2.58 bits per heavy atom. The van der Waals surface area contributed by atoms with Crippen molar-refractivity contribution in [3.63, 3.8) is 0 Å². The molecular weight excluding hydrogens is 328 g/mol. The van der Waals surface area contributed by atoms with Crippen molar-refractivity contribution in [1.82, 2.24) is 13.6 Å². The van der Waals surface area contributed by atoms with Crippen LogP contribution in [0.2, 0.25) is 0 Å². The second-order valence-corrected chi connectivity index (χ2v) is 5.88. The third kappa shape index (κ3) is 2.16. The summed E-state index contributed by atoms with van der Waals surface area (Å²) in [6, 6.07) is 9.71. The van der Waals surface area contributed by atoms with Crippen LogP contribution in [-0.4, -0.2) is 38.4 Å². The Balaban J connectivity index is 1.63. The monoisotopic (exact) mass is 338 g/mol. The Morgan fingerprint density at radius 2 is 1.75 bits per heavy atom. The minimum atomic E-state index is -0.374. The number of carbonyl (C=O) groups is 3. The molecule has 8 heteroatoms. The van der Waals surface area contributed by atoms with E-state index in [4.69, 9.17) is 0 Å². The predicted octanol–water partition coefficient (Wildman–Crippen LogP) is 2.17. The van der Waals surface area contributed by atoms with Crippen molar-refractivity contribution in [2.45, 2.75) is 0 Å². The number of fused-ring (bicyclic) bond motifs is 2. The topological polar surface area (TPSA) is 92.3 Å². The fourth-order valence-corrected chi connectivity index (χ4v) is 3.08. The Bertz CT molecular complexity index is 1030. The largest absolute Gasteiger partial charge is 0.322 e. The number of nitrogens with zero attached hydrogens (tertiary/aromatic N) is 3. The van der Waals surface area contributed by atoms with Crippen LogP contribution in [0, 0.1) is 0 Å². The van der Waals surface area contributed by atoms with Gasteiger partial charge in [-0.1, -0.05) is 0 Å². The summed E-state index contributed by atoms with van der Waals surface area (Å²) in [6.45, 7) is 0. The SMILES string of the molecule is CN1C(=O)c2ccc(NC(=O)c3ccc4nsnc4c3)cc2C1=O. The normalized spacial score (nSPS) is 13.5. The minimum absolute atomic E-state index is 0.291. The van der Waals surface area contributed by atoms with E-state index in [-0.39, 0.29) is 17.7 Å². The number of anilines is 1. The van der Waals surface area contributed by atoms with Gasteiger partial charge >= 0.3 is 0 Å². The van der Waals surface area contributed by atoms with Crippen LogP contribution >= 0.6 is 11.7 Å². The van der Waals surface area contributed by atoms with E-state index in [0.29, 0.717) is 27.9 Å². The van der Waals surface area contributed by atoms with Gasteiger partial charge in [-0.25, -0.2) is 0 Å². The van der Waals surface area contributed by atoms with Crippen molar-refractivity contribution in [3.05, 3.63) is 53.1 Å². The molecule has 0 radical (unpaired) electrons. The molecular formula is C16H10N4O3S. The summed E-state index contributed by atoms with van der Waals surface area (Å²) in [5, 5.41) is 2.73. The molecule has 118 valence electrons. The summed E-state index contributed by atoms with van der Waals surface area (Å²) in [4.78, 5) is 37.3. The Kier molecular flexibility index (Phi) is 3.14. The number of carbonyl (C=O) groups excluding carboxylic acids is 3. The molecule has 3 amide bonds. The molecule has 1 aliphatic heterocycles. The molecule has 0 fully saturated rings. The highest BCUT2D eigenvalue weighted by molar-refractivity contribution is 7.00. The molecule has 0 spiro atoms. The Labute approximate surface area is 140 Å². The van der Waals surface area contributed by atoms with Crippen LogP contribution in [0.25, 0.3) is 11.0 Å². The highest BCUT2D eigenvalue weighted by Gasteiger charge is 2.32. The van der Waals surface area contributed by atoms with Crippen LogP contribution in [0.5, 0.6) is 0 Å². The number of rotatable bonds is 2. The first-order valence-electron chi connectivity index (χ1n) is 7.05. The van der Waals surface area contributed by atoms with E-state index in [1.807, 2.05) is 0 Å². The molecule has 1 aliphatic rings. The molecule has 0 aliphatic carbocycles. The van der Waals surface area contributed by atoms with E-state index in [2.05, 4.69) is 14.1 Å². The van der Waals surface area contributed by atoms with Gasteiger partial charge in [0.25, 0.3) is 17.7 Å². The molecule has 1 aromatic heterocycles. The maximum Gasteiger partial charge on any atom is 0.261 e. The molecule has 0 saturated heterocycles. The first-order chi connectivity index (χ1) is 11.5. The lowest BCUT2D eigenvalue weighted by molar-refractivity contribution is 0.0692. The van der Waals surface area contributed by atoms with Crippen LogP contribution in [0.15, 0.2) is 36.4 Å². The maximum absolute atomic E-state index is 12.4. The summed E-state index contributed by atoms with van der Waals surface area (Å²) >= 11 is 1.09. The summed E-state index contributed by atoms with van der Waals surface area (Å²) in [6.07, 6.45) is 0. The van der Waals surface area contributed by atoms with Crippen molar-refractivity contribution in [2.75, 3.05) is 12.4 Å². The summed E-state index contributed by atoms with van der Waals surface area (Å²) in [5.74, 6) is -1.04. The van der Waals surface area contributed by atoms with Crippen molar-refractivity contribution in [1.29, 1.82) is 0 Å². The van der Waals surface area contributed by atoms with E-state index in [9.17, 15) is 14.4 Å². The highest BCUT2D eigenvalue weighted by atomic mass is 32.1. The number of amides is 3. The number of hydrogen-bond donors (Lipinski definition) is 1. The molecule has 0 unspecified atom stereocenters. The number of imide groups is 1. The fraction of sp³-hybridized carbons (Fsp3) is 0.0625. The summed E-state index contributed by atoms with van der Waals surface area (Å²) in [5.41, 5.74) is 2.92. The second-order valence-electron chi connectivity index (χ2n) is 5.35. The Hall–Kier alpha value is -3.13. The fourth-order valence-electron chi connectivity index (χ4n) is 2.57. The van der Waals surface area contributed by atoms with Gasteiger partial charge in [-0.2, -0.15) is 8.75 Å². The predicted molar refractivity (Wildman–Crippen MR) is 88.2 cm³/mol. The standard InChI is InChI=1S/C16H10N4O3S/c1-20-15(22)10-4-3-9(7-11(10)16(20)23)17-14(21)8-2-5-12-13(6-8)19-24-18-12/h2-7H,1H3,(H,17,21). The van der Waals surface area contributed by atoms with Crippen molar-refractivity contribution < 1.29 is 14.4 Å². The van der Waals surface area contributed by atoms with Gasteiger partial charge in [0.2, 0.25) is 0 Å². The third-order valence-corrected chi connectivity index (χ3v) is 4.42. The van der Waals surface area contributed by atoms with Gasteiger partial charge in [-0.05, 0) is 36.4 Å². The molecule has 0 saturated carbocycles. The molecule has 7 nitrogen and oxygen atoms in total. The van der Waals surface area contributed by atoms with E-state index in [1.54, 1.807) is 30.3 Å². The molecule has 1 N–H and O–H groups in total. The number of hydrogen-bond acceptors (Lipinski definition) is 6. The lowest BCUT2D eigenvalue weighted by Gasteiger charge is -2.06. The van der Waals surface area contributed by atoms with Crippen molar-refractivity contribution >= 4 is 46.2 Å². The number of benzene rings is 2. The molecule has 24 heavy (non-hydrogen) atoms. The van der Waals surface area contributed by atoms with Gasteiger partial charge in [0.1, 0.15) is 11.0 Å². The Morgan fingerprint density at radius 1 is 1.00 bits per heavy atom. The summed E-state index contributed by atoms with van der Waals surface area (Å²) < 4.78 is 8.20. The minimum Gasteiger partial charge on any atom is -0.322 e. The molecule has 3 aromatic rings. The number of aromatic nitrogens is 2. The average Bonchev–Trinajstić information content (AvgIpc) is 3.14.